The number of aromatic nitrogens is 1. The lowest BCUT2D eigenvalue weighted by atomic mass is 9.73. The van der Waals surface area contributed by atoms with Crippen LogP contribution in [0.5, 0.6) is 11.5 Å². The van der Waals surface area contributed by atoms with Crippen LogP contribution in [0, 0.1) is 0 Å². The fraction of sp³-hybridized carbons (Fsp3) is 0.120. The number of rotatable bonds is 0. The van der Waals surface area contributed by atoms with Gasteiger partial charge in [0.2, 0.25) is 0 Å². The molecule has 5 aromatic rings. The molecule has 27 heavy (non-hydrogen) atoms. The predicted octanol–water partition coefficient (Wildman–Crippen LogP) is 6.91. The maximum Gasteiger partial charge on any atom is 0.156 e. The predicted molar refractivity (Wildman–Crippen MR) is 112 cm³/mol. The third-order valence-corrected chi connectivity index (χ3v) is 6.02. The van der Waals surface area contributed by atoms with Gasteiger partial charge in [-0.1, -0.05) is 74.5 Å². The van der Waals surface area contributed by atoms with Gasteiger partial charge < -0.3 is 9.72 Å². The second kappa shape index (κ2) is 4.92. The topological polar surface area (TPSA) is 25.0 Å². The molecule has 6 rings (SSSR count). The van der Waals surface area contributed by atoms with E-state index in [1.54, 1.807) is 0 Å². The van der Waals surface area contributed by atoms with Gasteiger partial charge in [0.1, 0.15) is 5.75 Å². The number of aromatic amines is 1. The van der Waals surface area contributed by atoms with E-state index in [1.807, 2.05) is 6.07 Å². The molecule has 1 aliphatic heterocycles. The first-order valence-electron chi connectivity index (χ1n) is 9.39. The lowest BCUT2D eigenvalue weighted by Crippen LogP contribution is -2.24. The Hall–Kier alpha value is -3.26. The Kier molecular flexibility index (Phi) is 2.71. The summed E-state index contributed by atoms with van der Waals surface area (Å²) in [5, 5.41) is 5.03. The molecule has 0 amide bonds. The van der Waals surface area contributed by atoms with Crippen LogP contribution >= 0.6 is 0 Å². The first kappa shape index (κ1) is 14.9. The SMILES string of the molecule is CC1(C)c2ccccc2Oc2c1c1ccccc1c1c2[nH]c2ccccc21. The molecule has 2 nitrogen and oxygen atoms in total. The summed E-state index contributed by atoms with van der Waals surface area (Å²) in [5.41, 5.74) is 4.59. The first-order chi connectivity index (χ1) is 13.2. The summed E-state index contributed by atoms with van der Waals surface area (Å²) in [6.07, 6.45) is 0. The zero-order valence-corrected chi connectivity index (χ0v) is 15.3. The molecule has 2 heterocycles. The van der Waals surface area contributed by atoms with Gasteiger partial charge in [0.15, 0.2) is 5.75 Å². The average Bonchev–Trinajstić information content (AvgIpc) is 3.08. The van der Waals surface area contributed by atoms with Crippen molar-refractivity contribution in [2.45, 2.75) is 19.3 Å². The molecule has 0 atom stereocenters. The van der Waals surface area contributed by atoms with E-state index in [0.717, 1.165) is 22.5 Å². The number of nitrogens with one attached hydrogen (secondary N) is 1. The summed E-state index contributed by atoms with van der Waals surface area (Å²) in [6.45, 7) is 4.60. The molecule has 0 spiro atoms. The van der Waals surface area contributed by atoms with Crippen molar-refractivity contribution in [2.75, 3.05) is 0 Å². The normalized spacial score (nSPS) is 14.9. The van der Waals surface area contributed by atoms with E-state index in [4.69, 9.17) is 4.74 Å². The molecule has 0 saturated heterocycles. The van der Waals surface area contributed by atoms with Crippen molar-refractivity contribution in [1.82, 2.24) is 4.98 Å². The van der Waals surface area contributed by atoms with E-state index >= 15 is 0 Å². The zero-order valence-electron chi connectivity index (χ0n) is 15.3. The molecular weight excluding hydrogens is 330 g/mol. The van der Waals surface area contributed by atoms with Gasteiger partial charge in [-0.05, 0) is 22.9 Å². The largest absolute Gasteiger partial charge is 0.454 e. The smallest absolute Gasteiger partial charge is 0.156 e. The number of para-hydroxylation sites is 2. The summed E-state index contributed by atoms with van der Waals surface area (Å²) in [7, 11) is 0. The number of hydrogen-bond donors (Lipinski definition) is 1. The lowest BCUT2D eigenvalue weighted by Gasteiger charge is -2.35. The minimum Gasteiger partial charge on any atom is -0.454 e. The summed E-state index contributed by atoms with van der Waals surface area (Å²) < 4.78 is 6.53. The van der Waals surface area contributed by atoms with Crippen molar-refractivity contribution in [3.63, 3.8) is 0 Å². The van der Waals surface area contributed by atoms with Crippen LogP contribution < -0.4 is 4.74 Å². The molecule has 0 radical (unpaired) electrons. The molecule has 0 saturated carbocycles. The Balaban J connectivity index is 1.89. The van der Waals surface area contributed by atoms with Gasteiger partial charge in [-0.2, -0.15) is 0 Å². The standard InChI is InChI=1S/C25H19NO/c1-25(2)18-12-6-8-14-20(18)27-24-22(25)16-10-4-3-9-15(16)21-17-11-5-7-13-19(17)26-23(21)24/h3-14,26H,1-2H3. The summed E-state index contributed by atoms with van der Waals surface area (Å²) in [4.78, 5) is 3.64. The van der Waals surface area contributed by atoms with Crippen molar-refractivity contribution in [3.05, 3.63) is 83.9 Å². The number of ether oxygens (including phenoxy) is 1. The molecule has 1 aromatic heterocycles. The Morgan fingerprint density at radius 3 is 2.26 bits per heavy atom. The van der Waals surface area contributed by atoms with E-state index in [2.05, 4.69) is 85.6 Å². The van der Waals surface area contributed by atoms with Crippen molar-refractivity contribution in [3.8, 4) is 11.5 Å². The van der Waals surface area contributed by atoms with E-state index in [1.165, 1.54) is 32.7 Å². The fourth-order valence-corrected chi connectivity index (χ4v) is 4.80. The highest BCUT2D eigenvalue weighted by Gasteiger charge is 2.37. The van der Waals surface area contributed by atoms with E-state index < -0.39 is 0 Å². The summed E-state index contributed by atoms with van der Waals surface area (Å²) >= 11 is 0. The molecule has 0 fully saturated rings. The lowest BCUT2D eigenvalue weighted by molar-refractivity contribution is 0.424. The molecule has 1 N–H and O–H groups in total. The molecule has 1 aliphatic rings. The fourth-order valence-electron chi connectivity index (χ4n) is 4.80. The van der Waals surface area contributed by atoms with Crippen molar-refractivity contribution >= 4 is 32.6 Å². The minimum absolute atomic E-state index is 0.144. The average molecular weight is 349 g/mol. The minimum atomic E-state index is -0.144. The Morgan fingerprint density at radius 2 is 1.41 bits per heavy atom. The first-order valence-corrected chi connectivity index (χ1v) is 9.39. The van der Waals surface area contributed by atoms with Crippen LogP contribution in [0.15, 0.2) is 72.8 Å². The zero-order chi connectivity index (χ0) is 18.2. The molecule has 2 heteroatoms. The van der Waals surface area contributed by atoms with Crippen LogP contribution in [0.2, 0.25) is 0 Å². The van der Waals surface area contributed by atoms with E-state index in [9.17, 15) is 0 Å². The third-order valence-electron chi connectivity index (χ3n) is 6.02. The highest BCUT2D eigenvalue weighted by atomic mass is 16.5. The monoisotopic (exact) mass is 349 g/mol. The van der Waals surface area contributed by atoms with Crippen LogP contribution in [0.3, 0.4) is 0 Å². The highest BCUT2D eigenvalue weighted by molar-refractivity contribution is 6.23. The van der Waals surface area contributed by atoms with Gasteiger partial charge in [0.05, 0.1) is 5.52 Å². The van der Waals surface area contributed by atoms with E-state index in [-0.39, 0.29) is 5.41 Å². The molecule has 0 bridgehead atoms. The van der Waals surface area contributed by atoms with Crippen LogP contribution in [0.1, 0.15) is 25.0 Å². The van der Waals surface area contributed by atoms with E-state index in [0.29, 0.717) is 0 Å². The maximum absolute atomic E-state index is 6.53. The van der Waals surface area contributed by atoms with Gasteiger partial charge >= 0.3 is 0 Å². The molecule has 4 aromatic carbocycles. The van der Waals surface area contributed by atoms with Crippen molar-refractivity contribution in [2.24, 2.45) is 0 Å². The Bertz CT molecular complexity index is 1370. The Morgan fingerprint density at radius 1 is 0.741 bits per heavy atom. The van der Waals surface area contributed by atoms with Crippen LogP contribution in [0.25, 0.3) is 32.6 Å². The van der Waals surface area contributed by atoms with Gasteiger partial charge in [0.25, 0.3) is 0 Å². The van der Waals surface area contributed by atoms with Crippen LogP contribution in [-0.4, -0.2) is 4.98 Å². The van der Waals surface area contributed by atoms with Gasteiger partial charge in [-0.3, -0.25) is 0 Å². The van der Waals surface area contributed by atoms with Crippen molar-refractivity contribution in [1.29, 1.82) is 0 Å². The molecule has 0 aliphatic carbocycles. The van der Waals surface area contributed by atoms with Crippen LogP contribution in [0.4, 0.5) is 0 Å². The number of hydrogen-bond acceptors (Lipinski definition) is 1. The van der Waals surface area contributed by atoms with Crippen molar-refractivity contribution < 1.29 is 4.74 Å². The molecule has 130 valence electrons. The maximum atomic E-state index is 6.53. The summed E-state index contributed by atoms with van der Waals surface area (Å²) in [5.74, 6) is 1.91. The van der Waals surface area contributed by atoms with Crippen LogP contribution in [-0.2, 0) is 5.41 Å². The molecule has 0 unspecified atom stereocenters. The number of benzene rings is 4. The second-order valence-electron chi connectivity index (χ2n) is 7.89. The quantitative estimate of drug-likeness (QED) is 0.323. The Labute approximate surface area is 157 Å². The van der Waals surface area contributed by atoms with Gasteiger partial charge in [-0.15, -0.1) is 0 Å². The highest BCUT2D eigenvalue weighted by Crippen LogP contribution is 2.54. The number of H-pyrrole nitrogens is 1. The second-order valence-corrected chi connectivity index (χ2v) is 7.89. The van der Waals surface area contributed by atoms with Gasteiger partial charge in [-0.25, -0.2) is 0 Å². The number of fused-ring (bicyclic) bond motifs is 9. The van der Waals surface area contributed by atoms with Gasteiger partial charge in [0, 0.05) is 32.8 Å². The summed E-state index contributed by atoms with van der Waals surface area (Å²) in [6, 6.07) is 25.6. The molecular formula is C25H19NO. The third kappa shape index (κ3) is 1.80.